The van der Waals surface area contributed by atoms with E-state index in [0.717, 1.165) is 5.56 Å². The van der Waals surface area contributed by atoms with Crippen LogP contribution in [0.5, 0.6) is 0 Å². The first-order valence-corrected chi connectivity index (χ1v) is 5.33. The van der Waals surface area contributed by atoms with Crippen LogP contribution in [0.4, 0.5) is 0 Å². The number of rotatable bonds is 2. The lowest BCUT2D eigenvalue weighted by molar-refractivity contribution is -0.139. The molecule has 1 aromatic rings. The third kappa shape index (κ3) is 6.13. The van der Waals surface area contributed by atoms with Gasteiger partial charge in [0.1, 0.15) is 0 Å². The molecule has 0 saturated carbocycles. The molecule has 0 amide bonds. The minimum Gasteiger partial charge on any atom is -0.469 e. The first-order chi connectivity index (χ1) is 7.15. The molecule has 3 heteroatoms. The molecule has 0 aromatic heterocycles. The molecule has 0 N–H and O–H groups in total. The number of methoxy groups -OCH3 is 1. The molecule has 0 aliphatic heterocycles. The Morgan fingerprint density at radius 2 is 1.87 bits per heavy atom. The third-order valence-corrected chi connectivity index (χ3v) is 1.89. The first kappa shape index (κ1) is 14.0. The van der Waals surface area contributed by atoms with E-state index in [1.807, 2.05) is 12.1 Å². The van der Waals surface area contributed by atoms with Gasteiger partial charge in [-0.1, -0.05) is 50.1 Å². The van der Waals surface area contributed by atoms with Crippen LogP contribution in [0.15, 0.2) is 24.3 Å². The van der Waals surface area contributed by atoms with Crippen molar-refractivity contribution in [1.29, 1.82) is 0 Å². The van der Waals surface area contributed by atoms with Crippen molar-refractivity contribution in [1.82, 2.24) is 0 Å². The highest BCUT2D eigenvalue weighted by atomic mass is 35.5. The molecule has 0 atom stereocenters. The maximum Gasteiger partial charge on any atom is 0.310 e. The number of ether oxygens (including phenoxy) is 1. The highest BCUT2D eigenvalue weighted by Gasteiger charge is 2.04. The standard InChI is InChI=1S/C9H9ClO2.C3H8/c1-12-9(11)6-7-4-2-3-5-8(7)10;1-3-2/h2-5H,6H2,1H3;3H2,1-2H3. The Morgan fingerprint density at radius 1 is 1.33 bits per heavy atom. The van der Waals surface area contributed by atoms with Gasteiger partial charge in [-0.25, -0.2) is 0 Å². The first-order valence-electron chi connectivity index (χ1n) is 4.95. The lowest BCUT2D eigenvalue weighted by atomic mass is 10.1. The fraction of sp³-hybridized carbons (Fsp3) is 0.417. The van der Waals surface area contributed by atoms with Crippen molar-refractivity contribution in [3.05, 3.63) is 34.9 Å². The fourth-order valence-corrected chi connectivity index (χ4v) is 1.07. The number of carbonyl (C=O) groups is 1. The number of benzene rings is 1. The van der Waals surface area contributed by atoms with Crippen LogP contribution in [-0.2, 0) is 16.0 Å². The van der Waals surface area contributed by atoms with Crippen LogP contribution in [-0.4, -0.2) is 13.1 Å². The van der Waals surface area contributed by atoms with Gasteiger partial charge < -0.3 is 4.74 Å². The topological polar surface area (TPSA) is 26.3 Å². The van der Waals surface area contributed by atoms with Gasteiger partial charge in [0.2, 0.25) is 0 Å². The van der Waals surface area contributed by atoms with E-state index in [2.05, 4.69) is 18.6 Å². The number of hydrogen-bond donors (Lipinski definition) is 0. The molecular weight excluding hydrogens is 212 g/mol. The summed E-state index contributed by atoms with van der Waals surface area (Å²) < 4.78 is 4.51. The van der Waals surface area contributed by atoms with Crippen molar-refractivity contribution >= 4 is 17.6 Å². The van der Waals surface area contributed by atoms with Crippen LogP contribution in [0.25, 0.3) is 0 Å². The van der Waals surface area contributed by atoms with Crippen LogP contribution in [0, 0.1) is 0 Å². The number of esters is 1. The van der Waals surface area contributed by atoms with Crippen LogP contribution in [0.3, 0.4) is 0 Å². The highest BCUT2D eigenvalue weighted by molar-refractivity contribution is 6.31. The monoisotopic (exact) mass is 228 g/mol. The maximum atomic E-state index is 10.9. The van der Waals surface area contributed by atoms with Gasteiger partial charge in [0.05, 0.1) is 13.5 Å². The molecule has 2 nitrogen and oxygen atoms in total. The number of carbonyl (C=O) groups excluding carboxylic acids is 1. The van der Waals surface area contributed by atoms with Gasteiger partial charge in [-0.05, 0) is 11.6 Å². The van der Waals surface area contributed by atoms with E-state index in [0.29, 0.717) is 5.02 Å². The summed E-state index contributed by atoms with van der Waals surface area (Å²) >= 11 is 5.82. The smallest absolute Gasteiger partial charge is 0.310 e. The summed E-state index contributed by atoms with van der Waals surface area (Å²) in [5.41, 5.74) is 0.797. The van der Waals surface area contributed by atoms with E-state index in [-0.39, 0.29) is 12.4 Å². The number of hydrogen-bond acceptors (Lipinski definition) is 2. The van der Waals surface area contributed by atoms with Crippen molar-refractivity contribution in [2.24, 2.45) is 0 Å². The summed E-state index contributed by atoms with van der Waals surface area (Å²) in [6, 6.07) is 7.21. The lowest BCUT2D eigenvalue weighted by Gasteiger charge is -2.01. The maximum absolute atomic E-state index is 10.9. The van der Waals surface area contributed by atoms with Crippen molar-refractivity contribution in [3.8, 4) is 0 Å². The fourth-order valence-electron chi connectivity index (χ4n) is 0.869. The molecule has 84 valence electrons. The van der Waals surface area contributed by atoms with Crippen LogP contribution in [0.1, 0.15) is 25.8 Å². The summed E-state index contributed by atoms with van der Waals surface area (Å²) in [5, 5.41) is 0.600. The molecule has 0 heterocycles. The molecule has 15 heavy (non-hydrogen) atoms. The largest absolute Gasteiger partial charge is 0.469 e. The van der Waals surface area contributed by atoms with Gasteiger partial charge in [-0.3, -0.25) is 4.79 Å². The molecule has 0 bridgehead atoms. The van der Waals surface area contributed by atoms with E-state index in [1.165, 1.54) is 13.5 Å². The summed E-state index contributed by atoms with van der Waals surface area (Å²) in [4.78, 5) is 10.9. The Labute approximate surface area is 96.2 Å². The number of halogens is 1. The molecular formula is C12H17ClO2. The summed E-state index contributed by atoms with van der Waals surface area (Å²) in [5.74, 6) is -0.275. The van der Waals surface area contributed by atoms with E-state index < -0.39 is 0 Å². The average molecular weight is 229 g/mol. The Kier molecular flexibility index (Phi) is 7.74. The zero-order valence-corrected chi connectivity index (χ0v) is 10.2. The quantitative estimate of drug-likeness (QED) is 0.725. The zero-order valence-electron chi connectivity index (χ0n) is 9.42. The van der Waals surface area contributed by atoms with Crippen LogP contribution in [0.2, 0.25) is 5.02 Å². The Morgan fingerprint density at radius 3 is 2.33 bits per heavy atom. The van der Waals surface area contributed by atoms with E-state index in [1.54, 1.807) is 12.1 Å². The summed E-state index contributed by atoms with van der Waals surface area (Å²) in [6.45, 7) is 4.25. The van der Waals surface area contributed by atoms with Crippen molar-refractivity contribution in [2.75, 3.05) is 7.11 Å². The molecule has 0 fully saturated rings. The second-order valence-corrected chi connectivity index (χ2v) is 3.46. The normalized spacial score (nSPS) is 8.80. The van der Waals surface area contributed by atoms with Gasteiger partial charge in [-0.2, -0.15) is 0 Å². The predicted molar refractivity (Wildman–Crippen MR) is 63.1 cm³/mol. The molecule has 0 spiro atoms. The molecule has 0 aliphatic rings. The van der Waals surface area contributed by atoms with Crippen molar-refractivity contribution in [3.63, 3.8) is 0 Å². The van der Waals surface area contributed by atoms with Gasteiger partial charge >= 0.3 is 5.97 Å². The average Bonchev–Trinajstić information content (AvgIpc) is 2.22. The van der Waals surface area contributed by atoms with Crippen LogP contribution < -0.4 is 0 Å². The Hall–Kier alpha value is -1.02. The van der Waals surface area contributed by atoms with Gasteiger partial charge in [0.15, 0.2) is 0 Å². The molecule has 0 radical (unpaired) electrons. The van der Waals surface area contributed by atoms with Crippen molar-refractivity contribution in [2.45, 2.75) is 26.7 Å². The summed E-state index contributed by atoms with van der Waals surface area (Å²) in [6.07, 6.45) is 1.48. The SMILES string of the molecule is CCC.COC(=O)Cc1ccccc1Cl. The molecule has 0 unspecified atom stereocenters. The molecule has 0 aliphatic carbocycles. The van der Waals surface area contributed by atoms with E-state index >= 15 is 0 Å². The van der Waals surface area contributed by atoms with Crippen molar-refractivity contribution < 1.29 is 9.53 Å². The highest BCUT2D eigenvalue weighted by Crippen LogP contribution is 2.15. The van der Waals surface area contributed by atoms with Crippen LogP contribution >= 0.6 is 11.6 Å². The second kappa shape index (κ2) is 8.30. The van der Waals surface area contributed by atoms with E-state index in [9.17, 15) is 4.79 Å². The minimum absolute atomic E-state index is 0.232. The molecule has 0 saturated heterocycles. The summed E-state index contributed by atoms with van der Waals surface area (Å²) in [7, 11) is 1.36. The van der Waals surface area contributed by atoms with Gasteiger partial charge in [0.25, 0.3) is 0 Å². The van der Waals surface area contributed by atoms with Gasteiger partial charge in [-0.15, -0.1) is 0 Å². The Bertz CT molecular complexity index is 297. The Balaban J connectivity index is 0.000000583. The third-order valence-electron chi connectivity index (χ3n) is 1.52. The minimum atomic E-state index is -0.275. The molecule has 1 aromatic carbocycles. The predicted octanol–water partition coefficient (Wildman–Crippen LogP) is 3.47. The van der Waals surface area contributed by atoms with Gasteiger partial charge in [0, 0.05) is 5.02 Å². The second-order valence-electron chi connectivity index (χ2n) is 3.05. The lowest BCUT2D eigenvalue weighted by Crippen LogP contribution is -2.04. The molecule has 1 rings (SSSR count). The zero-order chi connectivity index (χ0) is 11.7. The van der Waals surface area contributed by atoms with E-state index in [4.69, 9.17) is 11.6 Å².